The first-order valence-electron chi connectivity index (χ1n) is 6.98. The Morgan fingerprint density at radius 1 is 0.905 bits per heavy atom. The van der Waals surface area contributed by atoms with Gasteiger partial charge in [-0.1, -0.05) is 12.1 Å². The zero-order valence-electron chi connectivity index (χ0n) is 12.2. The van der Waals surface area contributed by atoms with Crippen LogP contribution >= 0.6 is 0 Å². The molecule has 0 bridgehead atoms. The lowest BCUT2D eigenvalue weighted by molar-refractivity contribution is 0.253. The SMILES string of the molecule is CCOc1cc(-c2ccc(F)cc2)cc(OCC)c1CO. The summed E-state index contributed by atoms with van der Waals surface area (Å²) in [5.74, 6) is 0.899. The average molecular weight is 290 g/mol. The molecule has 0 amide bonds. The van der Waals surface area contributed by atoms with Crippen molar-refractivity contribution in [1.29, 1.82) is 0 Å². The quantitative estimate of drug-likeness (QED) is 0.880. The second kappa shape index (κ2) is 7.09. The molecule has 0 aromatic heterocycles. The van der Waals surface area contributed by atoms with Crippen LogP contribution in [0.5, 0.6) is 11.5 Å². The van der Waals surface area contributed by atoms with Crippen molar-refractivity contribution >= 4 is 0 Å². The molecule has 0 heterocycles. The lowest BCUT2D eigenvalue weighted by Crippen LogP contribution is -2.02. The van der Waals surface area contributed by atoms with Crippen LogP contribution in [0.15, 0.2) is 36.4 Å². The van der Waals surface area contributed by atoms with E-state index in [9.17, 15) is 9.50 Å². The molecule has 1 N–H and O–H groups in total. The molecule has 0 fully saturated rings. The molecule has 4 heteroatoms. The predicted molar refractivity (Wildman–Crippen MR) is 80.1 cm³/mol. The van der Waals surface area contributed by atoms with Gasteiger partial charge in [0.05, 0.1) is 25.4 Å². The largest absolute Gasteiger partial charge is 0.493 e. The average Bonchev–Trinajstić information content (AvgIpc) is 2.48. The van der Waals surface area contributed by atoms with Crippen LogP contribution in [-0.2, 0) is 6.61 Å². The third kappa shape index (κ3) is 3.52. The molecule has 0 saturated carbocycles. The zero-order chi connectivity index (χ0) is 15.2. The number of halogens is 1. The second-order valence-corrected chi connectivity index (χ2v) is 4.48. The summed E-state index contributed by atoms with van der Waals surface area (Å²) < 4.78 is 24.2. The Kier molecular flexibility index (Phi) is 5.17. The normalized spacial score (nSPS) is 10.5. The van der Waals surface area contributed by atoms with Crippen molar-refractivity contribution < 1.29 is 19.0 Å². The third-order valence-corrected chi connectivity index (χ3v) is 3.10. The monoisotopic (exact) mass is 290 g/mol. The molecule has 0 aliphatic heterocycles. The van der Waals surface area contributed by atoms with Gasteiger partial charge in [0.2, 0.25) is 0 Å². The van der Waals surface area contributed by atoms with Gasteiger partial charge >= 0.3 is 0 Å². The molecular formula is C17H19FO3. The maximum Gasteiger partial charge on any atom is 0.129 e. The first-order valence-corrected chi connectivity index (χ1v) is 6.98. The molecule has 0 unspecified atom stereocenters. The summed E-state index contributed by atoms with van der Waals surface area (Å²) in [5.41, 5.74) is 2.35. The van der Waals surface area contributed by atoms with Crippen LogP contribution in [0.25, 0.3) is 11.1 Å². The summed E-state index contributed by atoms with van der Waals surface area (Å²) in [6.45, 7) is 4.59. The highest BCUT2D eigenvalue weighted by molar-refractivity contribution is 5.69. The van der Waals surface area contributed by atoms with Gasteiger partial charge in [-0.25, -0.2) is 4.39 Å². The molecule has 0 aliphatic rings. The number of benzene rings is 2. The fourth-order valence-electron chi connectivity index (χ4n) is 2.15. The Morgan fingerprint density at radius 3 is 1.86 bits per heavy atom. The Morgan fingerprint density at radius 2 is 1.43 bits per heavy atom. The maximum absolute atomic E-state index is 13.0. The summed E-state index contributed by atoms with van der Waals surface area (Å²) in [5, 5.41) is 9.54. The van der Waals surface area contributed by atoms with E-state index in [-0.39, 0.29) is 12.4 Å². The summed E-state index contributed by atoms with van der Waals surface area (Å²) in [6.07, 6.45) is 0. The van der Waals surface area contributed by atoms with Gasteiger partial charge in [0.25, 0.3) is 0 Å². The van der Waals surface area contributed by atoms with E-state index in [1.807, 2.05) is 26.0 Å². The maximum atomic E-state index is 13.0. The molecule has 0 atom stereocenters. The molecule has 2 aromatic carbocycles. The van der Waals surface area contributed by atoms with E-state index >= 15 is 0 Å². The minimum absolute atomic E-state index is 0.158. The van der Waals surface area contributed by atoms with Crippen LogP contribution in [0.2, 0.25) is 0 Å². The Balaban J connectivity index is 2.52. The van der Waals surface area contributed by atoms with Crippen molar-refractivity contribution in [2.45, 2.75) is 20.5 Å². The molecule has 0 aliphatic carbocycles. The molecule has 2 rings (SSSR count). The van der Waals surface area contributed by atoms with Crippen LogP contribution in [0.1, 0.15) is 19.4 Å². The van der Waals surface area contributed by atoms with Crippen molar-refractivity contribution in [3.63, 3.8) is 0 Å². The minimum atomic E-state index is -0.277. The van der Waals surface area contributed by atoms with Crippen LogP contribution in [0, 0.1) is 5.82 Å². The molecule has 0 radical (unpaired) electrons. The summed E-state index contributed by atoms with van der Waals surface area (Å²) >= 11 is 0. The van der Waals surface area contributed by atoms with Gasteiger partial charge in [-0.15, -0.1) is 0 Å². The van der Waals surface area contributed by atoms with Crippen molar-refractivity contribution in [3.05, 3.63) is 47.8 Å². The summed E-state index contributed by atoms with van der Waals surface area (Å²) in [7, 11) is 0. The summed E-state index contributed by atoms with van der Waals surface area (Å²) in [6, 6.07) is 9.91. The standard InChI is InChI=1S/C17H19FO3/c1-3-20-16-9-13(12-5-7-14(18)8-6-12)10-17(21-4-2)15(16)11-19/h5-10,19H,3-4,11H2,1-2H3. The number of rotatable bonds is 6. The van der Waals surface area contributed by atoms with Gasteiger partial charge < -0.3 is 14.6 Å². The smallest absolute Gasteiger partial charge is 0.129 e. The third-order valence-electron chi connectivity index (χ3n) is 3.10. The van der Waals surface area contributed by atoms with E-state index < -0.39 is 0 Å². The lowest BCUT2D eigenvalue weighted by atomic mass is 10.0. The van der Waals surface area contributed by atoms with E-state index in [1.165, 1.54) is 12.1 Å². The Hall–Kier alpha value is -2.07. The van der Waals surface area contributed by atoms with Gasteiger partial charge in [0.15, 0.2) is 0 Å². The van der Waals surface area contributed by atoms with E-state index in [0.717, 1.165) is 11.1 Å². The van der Waals surface area contributed by atoms with Gasteiger partial charge in [0, 0.05) is 0 Å². The van der Waals surface area contributed by atoms with Crippen LogP contribution in [-0.4, -0.2) is 18.3 Å². The Labute approximate surface area is 124 Å². The van der Waals surface area contributed by atoms with Gasteiger partial charge in [0.1, 0.15) is 17.3 Å². The minimum Gasteiger partial charge on any atom is -0.493 e. The molecular weight excluding hydrogens is 271 g/mol. The first kappa shape index (κ1) is 15.3. The lowest BCUT2D eigenvalue weighted by Gasteiger charge is -2.16. The number of hydrogen-bond donors (Lipinski definition) is 1. The number of ether oxygens (including phenoxy) is 2. The fourth-order valence-corrected chi connectivity index (χ4v) is 2.15. The number of aliphatic hydroxyl groups excluding tert-OH is 1. The molecule has 0 saturated heterocycles. The van der Waals surface area contributed by atoms with Crippen LogP contribution in [0.3, 0.4) is 0 Å². The van der Waals surface area contributed by atoms with Crippen molar-refractivity contribution in [1.82, 2.24) is 0 Å². The zero-order valence-corrected chi connectivity index (χ0v) is 12.2. The van der Waals surface area contributed by atoms with Gasteiger partial charge in [-0.2, -0.15) is 0 Å². The van der Waals surface area contributed by atoms with Crippen molar-refractivity contribution in [2.75, 3.05) is 13.2 Å². The predicted octanol–water partition coefficient (Wildman–Crippen LogP) is 3.78. The van der Waals surface area contributed by atoms with Crippen molar-refractivity contribution in [2.24, 2.45) is 0 Å². The molecule has 3 nitrogen and oxygen atoms in total. The second-order valence-electron chi connectivity index (χ2n) is 4.48. The van der Waals surface area contributed by atoms with Crippen LogP contribution in [0.4, 0.5) is 4.39 Å². The highest BCUT2D eigenvalue weighted by atomic mass is 19.1. The fraction of sp³-hybridized carbons (Fsp3) is 0.294. The van der Waals surface area contributed by atoms with E-state index in [4.69, 9.17) is 9.47 Å². The van der Waals surface area contributed by atoms with E-state index in [1.54, 1.807) is 12.1 Å². The highest BCUT2D eigenvalue weighted by Crippen LogP contribution is 2.35. The molecule has 21 heavy (non-hydrogen) atoms. The summed E-state index contributed by atoms with van der Waals surface area (Å²) in [4.78, 5) is 0. The molecule has 112 valence electrons. The topological polar surface area (TPSA) is 38.7 Å². The Bertz CT molecular complexity index is 566. The number of hydrogen-bond acceptors (Lipinski definition) is 3. The first-order chi connectivity index (χ1) is 10.2. The van der Waals surface area contributed by atoms with E-state index in [2.05, 4.69) is 0 Å². The van der Waals surface area contributed by atoms with E-state index in [0.29, 0.717) is 30.3 Å². The van der Waals surface area contributed by atoms with Gasteiger partial charge in [-0.3, -0.25) is 0 Å². The number of aliphatic hydroxyl groups is 1. The molecule has 0 spiro atoms. The molecule has 2 aromatic rings. The van der Waals surface area contributed by atoms with Crippen LogP contribution < -0.4 is 9.47 Å². The van der Waals surface area contributed by atoms with Gasteiger partial charge in [-0.05, 0) is 49.2 Å². The highest BCUT2D eigenvalue weighted by Gasteiger charge is 2.13. The van der Waals surface area contributed by atoms with Crippen molar-refractivity contribution in [3.8, 4) is 22.6 Å².